The van der Waals surface area contributed by atoms with Crippen molar-refractivity contribution in [2.24, 2.45) is 0 Å². The summed E-state index contributed by atoms with van der Waals surface area (Å²) in [7, 11) is 1.63. The van der Waals surface area contributed by atoms with Crippen LogP contribution in [0, 0.1) is 0 Å². The van der Waals surface area contributed by atoms with Gasteiger partial charge in [-0.1, -0.05) is 13.8 Å². The molecule has 0 unspecified atom stereocenters. The second-order valence-corrected chi connectivity index (χ2v) is 3.48. The fraction of sp³-hybridized carbons (Fsp3) is 0.556. The Morgan fingerprint density at radius 3 is 2.69 bits per heavy atom. The predicted molar refractivity (Wildman–Crippen MR) is 51.8 cm³/mol. The summed E-state index contributed by atoms with van der Waals surface area (Å²) < 4.78 is 4.97. The van der Waals surface area contributed by atoms with Crippen molar-refractivity contribution in [3.63, 3.8) is 0 Å². The summed E-state index contributed by atoms with van der Waals surface area (Å²) in [5.41, 5.74) is 1.78. The number of hydrogen-bond donors (Lipinski definition) is 0. The van der Waals surface area contributed by atoms with E-state index in [1.165, 1.54) is 0 Å². The first-order chi connectivity index (χ1) is 6.13. The topological polar surface area (TPSA) is 35.0 Å². The molecule has 4 heteroatoms. The maximum atomic E-state index is 5.75. The first-order valence-corrected chi connectivity index (χ1v) is 4.53. The van der Waals surface area contributed by atoms with Gasteiger partial charge in [0.05, 0.1) is 12.3 Å². The lowest BCUT2D eigenvalue weighted by molar-refractivity contribution is 0.181. The summed E-state index contributed by atoms with van der Waals surface area (Å²) in [6, 6.07) is 1.92. The van der Waals surface area contributed by atoms with Gasteiger partial charge < -0.3 is 4.74 Å². The minimum Gasteiger partial charge on any atom is -0.378 e. The van der Waals surface area contributed by atoms with Gasteiger partial charge in [-0.05, 0) is 23.6 Å². The number of nitrogens with zero attached hydrogens (tertiary/aromatic N) is 2. The Morgan fingerprint density at radius 1 is 1.46 bits per heavy atom. The maximum absolute atomic E-state index is 5.75. The molecule has 0 aromatic carbocycles. The van der Waals surface area contributed by atoms with Crippen LogP contribution in [-0.2, 0) is 11.3 Å². The molecular formula is C9H13ClN2O. The molecule has 0 radical (unpaired) electrons. The van der Waals surface area contributed by atoms with Gasteiger partial charge in [-0.15, -0.1) is 0 Å². The van der Waals surface area contributed by atoms with Crippen molar-refractivity contribution in [3.05, 3.63) is 22.7 Å². The van der Waals surface area contributed by atoms with Crippen molar-refractivity contribution in [2.45, 2.75) is 26.4 Å². The molecule has 1 heterocycles. The maximum Gasteiger partial charge on any atom is 0.222 e. The van der Waals surface area contributed by atoms with Gasteiger partial charge in [-0.2, -0.15) is 0 Å². The Hall–Kier alpha value is -0.670. The third-order valence-corrected chi connectivity index (χ3v) is 1.82. The molecule has 0 aliphatic rings. The second-order valence-electron chi connectivity index (χ2n) is 3.14. The zero-order chi connectivity index (χ0) is 9.84. The van der Waals surface area contributed by atoms with Crippen LogP contribution in [0.5, 0.6) is 0 Å². The minimum absolute atomic E-state index is 0.290. The normalized spacial score (nSPS) is 10.8. The van der Waals surface area contributed by atoms with E-state index in [4.69, 9.17) is 16.3 Å². The third kappa shape index (κ3) is 2.94. The molecule has 1 aromatic heterocycles. The summed E-state index contributed by atoms with van der Waals surface area (Å²) >= 11 is 5.75. The molecule has 13 heavy (non-hydrogen) atoms. The van der Waals surface area contributed by atoms with Crippen LogP contribution in [0.3, 0.4) is 0 Å². The SMILES string of the molecule is COCc1cc(C(C)C)nc(Cl)n1. The first kappa shape index (κ1) is 10.4. The Morgan fingerprint density at radius 2 is 2.15 bits per heavy atom. The van der Waals surface area contributed by atoms with Crippen LogP contribution < -0.4 is 0 Å². The summed E-state index contributed by atoms with van der Waals surface area (Å²) in [5.74, 6) is 0.358. The van der Waals surface area contributed by atoms with E-state index in [2.05, 4.69) is 23.8 Å². The standard InChI is InChI=1S/C9H13ClN2O/c1-6(2)8-4-7(5-13-3)11-9(10)12-8/h4,6H,5H2,1-3H3. The lowest BCUT2D eigenvalue weighted by Crippen LogP contribution is -2.00. The molecule has 0 atom stereocenters. The largest absolute Gasteiger partial charge is 0.378 e. The van der Waals surface area contributed by atoms with Crippen molar-refractivity contribution < 1.29 is 4.74 Å². The van der Waals surface area contributed by atoms with E-state index in [1.807, 2.05) is 6.07 Å². The van der Waals surface area contributed by atoms with Crippen molar-refractivity contribution in [1.29, 1.82) is 0 Å². The fourth-order valence-electron chi connectivity index (χ4n) is 1.00. The lowest BCUT2D eigenvalue weighted by atomic mass is 10.1. The van der Waals surface area contributed by atoms with Crippen LogP contribution in [0.1, 0.15) is 31.2 Å². The zero-order valence-electron chi connectivity index (χ0n) is 8.04. The van der Waals surface area contributed by atoms with E-state index in [0.29, 0.717) is 17.8 Å². The fourth-order valence-corrected chi connectivity index (χ4v) is 1.21. The van der Waals surface area contributed by atoms with E-state index in [-0.39, 0.29) is 0 Å². The second kappa shape index (κ2) is 4.53. The first-order valence-electron chi connectivity index (χ1n) is 4.15. The van der Waals surface area contributed by atoms with Crippen molar-refractivity contribution in [3.8, 4) is 0 Å². The highest BCUT2D eigenvalue weighted by atomic mass is 35.5. The van der Waals surface area contributed by atoms with E-state index >= 15 is 0 Å². The van der Waals surface area contributed by atoms with Gasteiger partial charge in [0.2, 0.25) is 5.28 Å². The summed E-state index contributed by atoms with van der Waals surface area (Å²) in [6.07, 6.45) is 0. The Labute approximate surface area is 83.1 Å². The highest BCUT2D eigenvalue weighted by Crippen LogP contribution is 2.15. The molecule has 0 amide bonds. The third-order valence-electron chi connectivity index (χ3n) is 1.66. The van der Waals surface area contributed by atoms with E-state index < -0.39 is 0 Å². The van der Waals surface area contributed by atoms with Crippen LogP contribution in [0.25, 0.3) is 0 Å². The Balaban J connectivity index is 2.96. The molecule has 0 spiro atoms. The summed E-state index contributed by atoms with van der Waals surface area (Å²) in [5, 5.41) is 0.290. The number of rotatable bonds is 3. The van der Waals surface area contributed by atoms with Gasteiger partial charge in [-0.3, -0.25) is 0 Å². The van der Waals surface area contributed by atoms with E-state index in [1.54, 1.807) is 7.11 Å². The monoisotopic (exact) mass is 200 g/mol. The molecule has 0 aliphatic heterocycles. The molecule has 0 bridgehead atoms. The molecule has 3 nitrogen and oxygen atoms in total. The molecule has 1 rings (SSSR count). The van der Waals surface area contributed by atoms with Crippen molar-refractivity contribution in [1.82, 2.24) is 9.97 Å². The van der Waals surface area contributed by atoms with Crippen LogP contribution in [0.15, 0.2) is 6.07 Å². The van der Waals surface area contributed by atoms with Gasteiger partial charge in [0.15, 0.2) is 0 Å². The lowest BCUT2D eigenvalue weighted by Gasteiger charge is -2.06. The number of aromatic nitrogens is 2. The van der Waals surface area contributed by atoms with Gasteiger partial charge in [0.1, 0.15) is 0 Å². The highest BCUT2D eigenvalue weighted by molar-refractivity contribution is 6.28. The predicted octanol–water partition coefficient (Wildman–Crippen LogP) is 2.40. The molecule has 1 aromatic rings. The van der Waals surface area contributed by atoms with Crippen molar-refractivity contribution >= 4 is 11.6 Å². The zero-order valence-corrected chi connectivity index (χ0v) is 8.80. The quantitative estimate of drug-likeness (QED) is 0.703. The molecule has 0 saturated carbocycles. The summed E-state index contributed by atoms with van der Waals surface area (Å²) in [6.45, 7) is 4.60. The average Bonchev–Trinajstić information content (AvgIpc) is 2.03. The smallest absolute Gasteiger partial charge is 0.222 e. The van der Waals surface area contributed by atoms with E-state index in [0.717, 1.165) is 11.4 Å². The molecule has 0 fully saturated rings. The molecular weight excluding hydrogens is 188 g/mol. The Kier molecular flexibility index (Phi) is 3.63. The highest BCUT2D eigenvalue weighted by Gasteiger charge is 2.05. The summed E-state index contributed by atoms with van der Waals surface area (Å²) in [4.78, 5) is 8.15. The van der Waals surface area contributed by atoms with Crippen LogP contribution in [0.2, 0.25) is 5.28 Å². The number of hydrogen-bond acceptors (Lipinski definition) is 3. The Bertz CT molecular complexity index is 289. The molecule has 0 aliphatic carbocycles. The molecule has 0 N–H and O–H groups in total. The molecule has 0 saturated heterocycles. The number of methoxy groups -OCH3 is 1. The minimum atomic E-state index is 0.290. The van der Waals surface area contributed by atoms with E-state index in [9.17, 15) is 0 Å². The van der Waals surface area contributed by atoms with Crippen LogP contribution >= 0.6 is 11.6 Å². The number of halogens is 1. The van der Waals surface area contributed by atoms with Gasteiger partial charge in [0, 0.05) is 12.8 Å². The molecule has 72 valence electrons. The van der Waals surface area contributed by atoms with Gasteiger partial charge >= 0.3 is 0 Å². The average molecular weight is 201 g/mol. The number of ether oxygens (including phenoxy) is 1. The van der Waals surface area contributed by atoms with Gasteiger partial charge in [-0.25, -0.2) is 9.97 Å². The van der Waals surface area contributed by atoms with Crippen LogP contribution in [0.4, 0.5) is 0 Å². The van der Waals surface area contributed by atoms with Gasteiger partial charge in [0.25, 0.3) is 0 Å². The van der Waals surface area contributed by atoms with Crippen molar-refractivity contribution in [2.75, 3.05) is 7.11 Å². The van der Waals surface area contributed by atoms with Crippen LogP contribution in [-0.4, -0.2) is 17.1 Å².